The third-order valence-electron chi connectivity index (χ3n) is 6.39. The van der Waals surface area contributed by atoms with E-state index in [1.807, 2.05) is 66.3 Å². The van der Waals surface area contributed by atoms with Crippen molar-refractivity contribution >= 4 is 48.6 Å². The molecule has 35 heavy (non-hydrogen) atoms. The Bertz CT molecular complexity index is 1300. The smallest absolute Gasteiger partial charge is 0.259 e. The first kappa shape index (κ1) is 24.9. The van der Waals surface area contributed by atoms with E-state index >= 15 is 0 Å². The summed E-state index contributed by atoms with van der Waals surface area (Å²) >= 11 is 0. The summed E-state index contributed by atoms with van der Waals surface area (Å²) in [6, 6.07) is 15.6. The first-order valence-electron chi connectivity index (χ1n) is 12.2. The molecule has 6 nitrogen and oxygen atoms in total. The Hall–Kier alpha value is -3.16. The number of hydrogen-bond acceptors (Lipinski definition) is 4. The first-order chi connectivity index (χ1) is 16.6. The van der Waals surface area contributed by atoms with Crippen LogP contribution in [0.1, 0.15) is 38.3 Å². The summed E-state index contributed by atoms with van der Waals surface area (Å²) in [4.78, 5) is 25.8. The lowest BCUT2D eigenvalue weighted by atomic mass is 9.87. The van der Waals surface area contributed by atoms with Crippen molar-refractivity contribution < 1.29 is 14.0 Å². The van der Waals surface area contributed by atoms with Crippen molar-refractivity contribution in [1.82, 2.24) is 9.88 Å². The molecule has 1 unspecified atom stereocenters. The molecular weight excluding hydrogens is 454 g/mol. The van der Waals surface area contributed by atoms with Gasteiger partial charge in [0.1, 0.15) is 0 Å². The van der Waals surface area contributed by atoms with Crippen LogP contribution in [-0.2, 0) is 21.1 Å². The second-order valence-corrected chi connectivity index (χ2v) is 12.9. The van der Waals surface area contributed by atoms with Crippen molar-refractivity contribution in [2.75, 3.05) is 11.9 Å². The van der Waals surface area contributed by atoms with Crippen LogP contribution in [-0.4, -0.2) is 38.1 Å². The number of fused-ring (bicyclic) bond motifs is 1. The molecule has 7 heteroatoms. The Morgan fingerprint density at radius 2 is 1.74 bits per heavy atom. The predicted molar refractivity (Wildman–Crippen MR) is 146 cm³/mol. The molecule has 1 aliphatic heterocycles. The SMILES string of the molecule is Cn1cc(C2=C(c3cccc(NCCC(O[SiH](C)C)C(C)(C)C)c3)C(=O)NC2=O)c2ccccc21. The summed E-state index contributed by atoms with van der Waals surface area (Å²) < 4.78 is 8.27. The van der Waals surface area contributed by atoms with Gasteiger partial charge in [0, 0.05) is 41.9 Å². The van der Waals surface area contributed by atoms with Crippen LogP contribution in [0, 0.1) is 5.41 Å². The molecule has 1 atom stereocenters. The first-order valence-corrected chi connectivity index (χ1v) is 15.0. The van der Waals surface area contributed by atoms with Gasteiger partial charge in [0.15, 0.2) is 9.04 Å². The van der Waals surface area contributed by atoms with Crippen molar-refractivity contribution in [2.45, 2.75) is 46.4 Å². The number of aromatic nitrogens is 1. The average molecular weight is 490 g/mol. The van der Waals surface area contributed by atoms with Crippen LogP contribution in [0.3, 0.4) is 0 Å². The van der Waals surface area contributed by atoms with Crippen LogP contribution in [0.15, 0.2) is 54.7 Å². The number of imide groups is 1. The maximum atomic E-state index is 12.9. The van der Waals surface area contributed by atoms with E-state index in [0.29, 0.717) is 11.1 Å². The highest BCUT2D eigenvalue weighted by molar-refractivity contribution is 6.50. The fourth-order valence-electron chi connectivity index (χ4n) is 4.69. The van der Waals surface area contributed by atoms with Gasteiger partial charge in [-0.15, -0.1) is 0 Å². The number of anilines is 1. The monoisotopic (exact) mass is 489 g/mol. The number of carbonyl (C=O) groups is 2. The van der Waals surface area contributed by atoms with Gasteiger partial charge in [0.2, 0.25) is 0 Å². The van der Waals surface area contributed by atoms with E-state index in [1.165, 1.54) is 0 Å². The second kappa shape index (κ2) is 9.83. The molecule has 2 heterocycles. The van der Waals surface area contributed by atoms with E-state index in [-0.39, 0.29) is 23.3 Å². The van der Waals surface area contributed by atoms with E-state index in [9.17, 15) is 9.59 Å². The Balaban J connectivity index is 1.63. The standard InChI is InChI=1S/C28H35N3O3Si/c1-28(2,3)23(34-35(5)6)14-15-29-19-11-9-10-18(16-19)24-25(27(33)30-26(24)32)21-17-31(4)22-13-8-7-12-20(21)22/h7-13,16-17,23,29,35H,14-15H2,1-6H3,(H,30,32,33). The van der Waals surface area contributed by atoms with Gasteiger partial charge in [0.25, 0.3) is 11.8 Å². The molecule has 2 amide bonds. The highest BCUT2D eigenvalue weighted by Crippen LogP contribution is 2.36. The highest BCUT2D eigenvalue weighted by atomic mass is 28.3. The number of para-hydroxylation sites is 1. The van der Waals surface area contributed by atoms with Crippen molar-refractivity contribution in [3.63, 3.8) is 0 Å². The van der Waals surface area contributed by atoms with Crippen molar-refractivity contribution in [1.29, 1.82) is 0 Å². The average Bonchev–Trinajstić information content (AvgIpc) is 3.27. The number of benzene rings is 2. The van der Waals surface area contributed by atoms with Gasteiger partial charge in [-0.3, -0.25) is 14.9 Å². The van der Waals surface area contributed by atoms with Gasteiger partial charge < -0.3 is 14.3 Å². The predicted octanol–water partition coefficient (Wildman–Crippen LogP) is 4.96. The molecule has 2 N–H and O–H groups in total. The zero-order valence-electron chi connectivity index (χ0n) is 21.4. The summed E-state index contributed by atoms with van der Waals surface area (Å²) in [7, 11) is 0.799. The molecule has 0 radical (unpaired) electrons. The summed E-state index contributed by atoms with van der Waals surface area (Å²) in [5, 5.41) is 6.94. The zero-order chi connectivity index (χ0) is 25.3. The second-order valence-electron chi connectivity index (χ2n) is 10.5. The molecular formula is C28H35N3O3Si. The minimum Gasteiger partial charge on any atom is -0.417 e. The lowest BCUT2D eigenvalue weighted by Gasteiger charge is -2.32. The molecule has 0 saturated carbocycles. The normalized spacial score (nSPS) is 15.3. The summed E-state index contributed by atoms with van der Waals surface area (Å²) in [5.74, 6) is -0.721. The Morgan fingerprint density at radius 1 is 1.03 bits per heavy atom. The number of amides is 2. The third-order valence-corrected chi connectivity index (χ3v) is 7.26. The largest absolute Gasteiger partial charge is 0.417 e. The third kappa shape index (κ3) is 5.26. The molecule has 3 aromatic rings. The minimum atomic E-state index is -1.15. The Morgan fingerprint density at radius 3 is 2.46 bits per heavy atom. The molecule has 0 bridgehead atoms. The maximum absolute atomic E-state index is 12.9. The molecule has 1 aliphatic rings. The van der Waals surface area contributed by atoms with Crippen LogP contribution in [0.25, 0.3) is 22.0 Å². The van der Waals surface area contributed by atoms with Gasteiger partial charge in [-0.05, 0) is 48.7 Å². The lowest BCUT2D eigenvalue weighted by Crippen LogP contribution is -2.34. The van der Waals surface area contributed by atoms with Crippen LogP contribution in [0.5, 0.6) is 0 Å². The zero-order valence-corrected chi connectivity index (χ0v) is 22.6. The number of rotatable bonds is 8. The number of nitrogens with zero attached hydrogens (tertiary/aromatic N) is 1. The van der Waals surface area contributed by atoms with Crippen molar-refractivity contribution in [3.05, 3.63) is 65.9 Å². The van der Waals surface area contributed by atoms with Gasteiger partial charge >= 0.3 is 0 Å². The number of hydrogen-bond donors (Lipinski definition) is 2. The minimum absolute atomic E-state index is 0.0707. The number of aryl methyl sites for hydroxylation is 1. The molecule has 2 aromatic carbocycles. The van der Waals surface area contributed by atoms with E-state index in [1.54, 1.807) is 0 Å². The molecule has 1 aromatic heterocycles. The highest BCUT2D eigenvalue weighted by Gasteiger charge is 2.34. The van der Waals surface area contributed by atoms with Crippen LogP contribution in [0.4, 0.5) is 5.69 Å². The fraction of sp³-hybridized carbons (Fsp3) is 0.357. The molecule has 0 fully saturated rings. The molecule has 0 saturated heterocycles. The topological polar surface area (TPSA) is 72.4 Å². The van der Waals surface area contributed by atoms with E-state index in [4.69, 9.17) is 4.43 Å². The summed E-state index contributed by atoms with van der Waals surface area (Å²) in [6.07, 6.45) is 3.00. The summed E-state index contributed by atoms with van der Waals surface area (Å²) in [6.45, 7) is 11.8. The van der Waals surface area contributed by atoms with E-state index < -0.39 is 9.04 Å². The quantitative estimate of drug-likeness (QED) is 0.346. The van der Waals surface area contributed by atoms with Crippen LogP contribution in [0.2, 0.25) is 13.1 Å². The van der Waals surface area contributed by atoms with Gasteiger partial charge in [0.05, 0.1) is 17.3 Å². The number of nitrogens with one attached hydrogen (secondary N) is 2. The van der Waals surface area contributed by atoms with Crippen molar-refractivity contribution in [3.8, 4) is 0 Å². The van der Waals surface area contributed by atoms with Crippen LogP contribution >= 0.6 is 0 Å². The molecule has 0 spiro atoms. The van der Waals surface area contributed by atoms with E-state index in [2.05, 4.69) is 44.5 Å². The fourth-order valence-corrected chi connectivity index (χ4v) is 5.90. The Labute approximate surface area is 209 Å². The van der Waals surface area contributed by atoms with Gasteiger partial charge in [-0.1, -0.05) is 51.1 Å². The lowest BCUT2D eigenvalue weighted by molar-refractivity contribution is -0.122. The molecule has 4 rings (SSSR count). The Kier molecular flexibility index (Phi) is 7.01. The molecule has 184 valence electrons. The van der Waals surface area contributed by atoms with E-state index in [0.717, 1.165) is 40.7 Å². The van der Waals surface area contributed by atoms with Crippen LogP contribution < -0.4 is 10.6 Å². The van der Waals surface area contributed by atoms with Crippen molar-refractivity contribution in [2.24, 2.45) is 12.5 Å². The van der Waals surface area contributed by atoms with Gasteiger partial charge in [-0.25, -0.2) is 0 Å². The summed E-state index contributed by atoms with van der Waals surface area (Å²) in [5.41, 5.74) is 4.32. The maximum Gasteiger partial charge on any atom is 0.259 e. The number of carbonyl (C=O) groups excluding carboxylic acids is 2. The van der Waals surface area contributed by atoms with Gasteiger partial charge in [-0.2, -0.15) is 0 Å². The molecule has 0 aliphatic carbocycles.